The van der Waals surface area contributed by atoms with Crippen LogP contribution < -0.4 is 9.47 Å². The molecule has 4 heteroatoms. The van der Waals surface area contributed by atoms with Gasteiger partial charge in [0.1, 0.15) is 17.3 Å². The largest absolute Gasteiger partial charge is 0.497 e. The third-order valence-corrected chi connectivity index (χ3v) is 4.46. The summed E-state index contributed by atoms with van der Waals surface area (Å²) in [4.78, 5) is 2.42. The Morgan fingerprint density at radius 3 is 2.57 bits per heavy atom. The fourth-order valence-electron chi connectivity index (χ4n) is 3.29. The van der Waals surface area contributed by atoms with Gasteiger partial charge in [-0.05, 0) is 55.3 Å². The average Bonchev–Trinajstić information content (AvgIpc) is 3.04. The van der Waals surface area contributed by atoms with Crippen LogP contribution >= 0.6 is 0 Å². The Morgan fingerprint density at radius 2 is 1.87 bits per heavy atom. The van der Waals surface area contributed by atoms with Crippen LogP contribution in [-0.4, -0.2) is 25.7 Å². The summed E-state index contributed by atoms with van der Waals surface area (Å²) < 4.78 is 24.0. The predicted molar refractivity (Wildman–Crippen MR) is 88.3 cm³/mol. The SMILES string of the molecule is COc1ccc(OC)c(C2CCCN2Cc2ccc(F)cc2)c1. The molecule has 1 unspecified atom stereocenters. The zero-order chi connectivity index (χ0) is 16.2. The Balaban J connectivity index is 1.85. The highest BCUT2D eigenvalue weighted by molar-refractivity contribution is 5.42. The molecule has 1 heterocycles. The van der Waals surface area contributed by atoms with Crippen LogP contribution in [0.25, 0.3) is 0 Å². The minimum atomic E-state index is -0.193. The molecule has 3 rings (SSSR count). The first-order valence-corrected chi connectivity index (χ1v) is 7.91. The van der Waals surface area contributed by atoms with Gasteiger partial charge in [-0.2, -0.15) is 0 Å². The van der Waals surface area contributed by atoms with E-state index in [1.165, 1.54) is 12.1 Å². The molecule has 0 spiro atoms. The molecule has 2 aromatic rings. The van der Waals surface area contributed by atoms with Crippen LogP contribution in [-0.2, 0) is 6.54 Å². The van der Waals surface area contributed by atoms with Gasteiger partial charge in [0, 0.05) is 18.2 Å². The maximum atomic E-state index is 13.1. The Kier molecular flexibility index (Phi) is 4.82. The number of hydrogen-bond donors (Lipinski definition) is 0. The smallest absolute Gasteiger partial charge is 0.123 e. The van der Waals surface area contributed by atoms with Crippen LogP contribution in [0.15, 0.2) is 42.5 Å². The third-order valence-electron chi connectivity index (χ3n) is 4.46. The molecule has 1 fully saturated rings. The highest BCUT2D eigenvalue weighted by Gasteiger charge is 2.28. The predicted octanol–water partition coefficient (Wildman–Crippen LogP) is 4.18. The maximum Gasteiger partial charge on any atom is 0.123 e. The van der Waals surface area contributed by atoms with Crippen LogP contribution in [0.4, 0.5) is 4.39 Å². The molecule has 0 N–H and O–H groups in total. The van der Waals surface area contributed by atoms with E-state index in [9.17, 15) is 4.39 Å². The molecule has 1 aliphatic heterocycles. The number of ether oxygens (including phenoxy) is 2. The van der Waals surface area contributed by atoms with Crippen molar-refractivity contribution < 1.29 is 13.9 Å². The first-order valence-electron chi connectivity index (χ1n) is 7.91. The van der Waals surface area contributed by atoms with Crippen LogP contribution in [0.3, 0.4) is 0 Å². The molecular weight excluding hydrogens is 293 g/mol. The molecule has 0 saturated carbocycles. The summed E-state index contributed by atoms with van der Waals surface area (Å²) in [5.74, 6) is 1.54. The molecule has 1 aliphatic rings. The Bertz CT molecular complexity index is 657. The lowest BCUT2D eigenvalue weighted by Crippen LogP contribution is -2.23. The number of rotatable bonds is 5. The van der Waals surface area contributed by atoms with Crippen LogP contribution in [0.2, 0.25) is 0 Å². The molecule has 2 aromatic carbocycles. The topological polar surface area (TPSA) is 21.7 Å². The van der Waals surface area contributed by atoms with Gasteiger partial charge in [-0.15, -0.1) is 0 Å². The number of hydrogen-bond acceptors (Lipinski definition) is 3. The average molecular weight is 315 g/mol. The molecule has 0 amide bonds. The van der Waals surface area contributed by atoms with Gasteiger partial charge in [-0.3, -0.25) is 4.90 Å². The van der Waals surface area contributed by atoms with Crippen molar-refractivity contribution in [1.82, 2.24) is 4.90 Å². The summed E-state index contributed by atoms with van der Waals surface area (Å²) in [6, 6.07) is 13.0. The number of halogens is 1. The second-order valence-electron chi connectivity index (χ2n) is 5.86. The van der Waals surface area contributed by atoms with E-state index in [0.29, 0.717) is 6.04 Å². The fourth-order valence-corrected chi connectivity index (χ4v) is 3.29. The van der Waals surface area contributed by atoms with E-state index in [1.807, 2.05) is 24.3 Å². The molecule has 122 valence electrons. The standard InChI is InChI=1S/C19H22FNO2/c1-22-16-9-10-19(23-2)17(12-16)18-4-3-11-21(18)13-14-5-7-15(20)8-6-14/h5-10,12,18H,3-4,11,13H2,1-2H3. The number of benzene rings is 2. The molecule has 0 radical (unpaired) electrons. The molecule has 3 nitrogen and oxygen atoms in total. The summed E-state index contributed by atoms with van der Waals surface area (Å²) in [7, 11) is 3.38. The van der Waals surface area contributed by atoms with Crippen LogP contribution in [0.1, 0.15) is 30.0 Å². The van der Waals surface area contributed by atoms with Gasteiger partial charge in [-0.1, -0.05) is 12.1 Å². The highest BCUT2D eigenvalue weighted by atomic mass is 19.1. The van der Waals surface area contributed by atoms with Crippen molar-refractivity contribution in [2.75, 3.05) is 20.8 Å². The number of nitrogens with zero attached hydrogens (tertiary/aromatic N) is 1. The first-order chi connectivity index (χ1) is 11.2. The maximum absolute atomic E-state index is 13.1. The lowest BCUT2D eigenvalue weighted by Gasteiger charge is -2.26. The summed E-state index contributed by atoms with van der Waals surface area (Å²) in [6.45, 7) is 1.84. The summed E-state index contributed by atoms with van der Waals surface area (Å²) in [6.07, 6.45) is 2.23. The Labute approximate surface area is 136 Å². The minimum Gasteiger partial charge on any atom is -0.497 e. The lowest BCUT2D eigenvalue weighted by molar-refractivity contribution is 0.242. The molecule has 0 aliphatic carbocycles. The molecular formula is C19H22FNO2. The van der Waals surface area contributed by atoms with E-state index in [0.717, 1.165) is 48.6 Å². The van der Waals surface area contributed by atoms with Crippen LogP contribution in [0.5, 0.6) is 11.5 Å². The van der Waals surface area contributed by atoms with Crippen molar-refractivity contribution in [3.8, 4) is 11.5 Å². The second-order valence-corrected chi connectivity index (χ2v) is 5.86. The van der Waals surface area contributed by atoms with Crippen molar-refractivity contribution in [2.45, 2.75) is 25.4 Å². The Hall–Kier alpha value is -2.07. The summed E-state index contributed by atoms with van der Waals surface area (Å²) in [5.41, 5.74) is 2.28. The summed E-state index contributed by atoms with van der Waals surface area (Å²) in [5, 5.41) is 0. The highest BCUT2D eigenvalue weighted by Crippen LogP contribution is 2.39. The van der Waals surface area contributed by atoms with Crippen molar-refractivity contribution in [3.63, 3.8) is 0 Å². The Morgan fingerprint density at radius 1 is 1.09 bits per heavy atom. The lowest BCUT2D eigenvalue weighted by atomic mass is 10.0. The number of likely N-dealkylation sites (tertiary alicyclic amines) is 1. The van der Waals surface area contributed by atoms with E-state index in [1.54, 1.807) is 14.2 Å². The van der Waals surface area contributed by atoms with E-state index >= 15 is 0 Å². The van der Waals surface area contributed by atoms with Gasteiger partial charge in [0.2, 0.25) is 0 Å². The summed E-state index contributed by atoms with van der Waals surface area (Å²) >= 11 is 0. The third kappa shape index (κ3) is 3.48. The van der Waals surface area contributed by atoms with E-state index < -0.39 is 0 Å². The zero-order valence-corrected chi connectivity index (χ0v) is 13.6. The van der Waals surface area contributed by atoms with Gasteiger partial charge in [0.25, 0.3) is 0 Å². The quantitative estimate of drug-likeness (QED) is 0.826. The normalized spacial score (nSPS) is 18.1. The molecule has 23 heavy (non-hydrogen) atoms. The van der Waals surface area contributed by atoms with Gasteiger partial charge < -0.3 is 9.47 Å². The molecule has 0 aromatic heterocycles. The molecule has 1 saturated heterocycles. The van der Waals surface area contributed by atoms with Gasteiger partial charge in [0.05, 0.1) is 14.2 Å². The zero-order valence-electron chi connectivity index (χ0n) is 13.6. The first kappa shape index (κ1) is 15.8. The number of methoxy groups -OCH3 is 2. The fraction of sp³-hybridized carbons (Fsp3) is 0.368. The van der Waals surface area contributed by atoms with Crippen molar-refractivity contribution in [1.29, 1.82) is 0 Å². The van der Waals surface area contributed by atoms with Crippen molar-refractivity contribution in [2.24, 2.45) is 0 Å². The van der Waals surface area contributed by atoms with E-state index in [-0.39, 0.29) is 5.82 Å². The van der Waals surface area contributed by atoms with Crippen molar-refractivity contribution in [3.05, 3.63) is 59.4 Å². The van der Waals surface area contributed by atoms with Gasteiger partial charge in [0.15, 0.2) is 0 Å². The second kappa shape index (κ2) is 7.01. The van der Waals surface area contributed by atoms with Gasteiger partial charge >= 0.3 is 0 Å². The van der Waals surface area contributed by atoms with Gasteiger partial charge in [-0.25, -0.2) is 4.39 Å². The van der Waals surface area contributed by atoms with Crippen LogP contribution in [0, 0.1) is 5.82 Å². The van der Waals surface area contributed by atoms with Crippen molar-refractivity contribution >= 4 is 0 Å². The molecule has 1 atom stereocenters. The molecule has 0 bridgehead atoms. The minimum absolute atomic E-state index is 0.193. The monoisotopic (exact) mass is 315 g/mol. The van der Waals surface area contributed by atoms with E-state index in [4.69, 9.17) is 9.47 Å². The van der Waals surface area contributed by atoms with E-state index in [2.05, 4.69) is 11.0 Å².